The quantitative estimate of drug-likeness (QED) is 0.549. The van der Waals surface area contributed by atoms with Gasteiger partial charge in [0, 0.05) is 12.6 Å². The second kappa shape index (κ2) is 5.16. The maximum Gasteiger partial charge on any atom is 0.374 e. The van der Waals surface area contributed by atoms with Gasteiger partial charge in [-0.15, -0.1) is 0 Å². The molecule has 1 N–H and O–H groups in total. The van der Waals surface area contributed by atoms with E-state index >= 15 is 0 Å². The van der Waals surface area contributed by atoms with Gasteiger partial charge in [0.1, 0.15) is 0 Å². The minimum Gasteiger partial charge on any atom is -0.460 e. The highest BCUT2D eigenvalue weighted by Crippen LogP contribution is 1.98. The van der Waals surface area contributed by atoms with Crippen LogP contribution in [-0.4, -0.2) is 28.3 Å². The third-order valence-electron chi connectivity index (χ3n) is 1.67. The predicted octanol–water partition coefficient (Wildman–Crippen LogP) is 0.474. The molecule has 0 saturated heterocycles. The number of nitrogens with one attached hydrogen (secondary N) is 1. The molecule has 0 unspecified atom stereocenters. The number of aromatic nitrogens is 2. The van der Waals surface area contributed by atoms with Crippen LogP contribution in [0, 0.1) is 0 Å². The van der Waals surface area contributed by atoms with Crippen LogP contribution in [0.1, 0.15) is 19.0 Å². The zero-order valence-electron chi connectivity index (χ0n) is 7.95. The van der Waals surface area contributed by atoms with E-state index in [2.05, 4.69) is 14.7 Å². The summed E-state index contributed by atoms with van der Waals surface area (Å²) < 4.78 is 4.56. The Bertz CT molecular complexity index is 306. The van der Waals surface area contributed by atoms with Crippen molar-refractivity contribution in [3.8, 4) is 0 Å². The van der Waals surface area contributed by atoms with Crippen LogP contribution >= 0.6 is 0 Å². The topological polar surface area (TPSA) is 72.1 Å². The molecule has 0 bridgehead atoms. The minimum atomic E-state index is -0.761. The van der Waals surface area contributed by atoms with Crippen molar-refractivity contribution in [1.82, 2.24) is 9.97 Å². The first kappa shape index (κ1) is 10.4. The van der Waals surface area contributed by atoms with E-state index in [-0.39, 0.29) is 13.0 Å². The van der Waals surface area contributed by atoms with Gasteiger partial charge >= 0.3 is 5.97 Å². The Morgan fingerprint density at radius 3 is 2.93 bits per heavy atom. The van der Waals surface area contributed by atoms with Crippen LogP contribution in [0.3, 0.4) is 0 Å². The van der Waals surface area contributed by atoms with Crippen LogP contribution in [0.5, 0.6) is 0 Å². The molecule has 0 aliphatic carbocycles. The van der Waals surface area contributed by atoms with Gasteiger partial charge in [-0.05, 0) is 13.3 Å². The molecule has 0 spiro atoms. The van der Waals surface area contributed by atoms with E-state index in [1.807, 2.05) is 0 Å². The highest BCUT2D eigenvalue weighted by Gasteiger charge is 2.14. The van der Waals surface area contributed by atoms with Crippen LogP contribution < -0.4 is 0 Å². The van der Waals surface area contributed by atoms with Crippen molar-refractivity contribution in [2.75, 3.05) is 6.61 Å². The van der Waals surface area contributed by atoms with Gasteiger partial charge in [0.05, 0.1) is 18.6 Å². The molecule has 0 fully saturated rings. The summed E-state index contributed by atoms with van der Waals surface area (Å²) in [5.41, 5.74) is 0.766. The molecule has 0 amide bonds. The Morgan fingerprint density at radius 2 is 2.36 bits per heavy atom. The lowest BCUT2D eigenvalue weighted by Crippen LogP contribution is -2.17. The zero-order chi connectivity index (χ0) is 10.4. The number of carbonyl (C=O) groups excluding carboxylic acids is 2. The maximum atomic E-state index is 11.1. The number of imidazole rings is 1. The fourth-order valence-corrected chi connectivity index (χ4v) is 0.983. The van der Waals surface area contributed by atoms with Gasteiger partial charge in [-0.1, -0.05) is 0 Å². The molecule has 0 aliphatic heterocycles. The molecule has 0 saturated carbocycles. The molecule has 0 aromatic carbocycles. The second-order valence-electron chi connectivity index (χ2n) is 2.70. The molecule has 1 rings (SSSR count). The van der Waals surface area contributed by atoms with Crippen molar-refractivity contribution in [1.29, 1.82) is 0 Å². The smallest absolute Gasteiger partial charge is 0.374 e. The SMILES string of the molecule is CCOC(=O)C(=O)CCc1c[nH]cn1. The number of ketones is 1. The third-order valence-corrected chi connectivity index (χ3v) is 1.67. The lowest BCUT2D eigenvalue weighted by atomic mass is 10.2. The molecule has 5 nitrogen and oxygen atoms in total. The minimum absolute atomic E-state index is 0.143. The first-order chi connectivity index (χ1) is 6.74. The zero-order valence-corrected chi connectivity index (χ0v) is 7.95. The summed E-state index contributed by atoms with van der Waals surface area (Å²) in [6.45, 7) is 1.89. The van der Waals surface area contributed by atoms with Gasteiger partial charge < -0.3 is 9.72 Å². The average Bonchev–Trinajstić information content (AvgIpc) is 2.67. The van der Waals surface area contributed by atoms with E-state index in [0.717, 1.165) is 5.69 Å². The number of ether oxygens (including phenoxy) is 1. The molecule has 76 valence electrons. The Hall–Kier alpha value is -1.65. The summed E-state index contributed by atoms with van der Waals surface area (Å²) in [4.78, 5) is 28.7. The first-order valence-corrected chi connectivity index (χ1v) is 4.41. The maximum absolute atomic E-state index is 11.1. The van der Waals surface area contributed by atoms with E-state index in [9.17, 15) is 9.59 Å². The third kappa shape index (κ3) is 3.01. The number of Topliss-reactive ketones (excluding diaryl/α,β-unsaturated/α-hetero) is 1. The van der Waals surface area contributed by atoms with Gasteiger partial charge in [-0.25, -0.2) is 9.78 Å². The Labute approximate surface area is 81.5 Å². The van der Waals surface area contributed by atoms with Crippen molar-refractivity contribution in [3.63, 3.8) is 0 Å². The van der Waals surface area contributed by atoms with E-state index < -0.39 is 11.8 Å². The summed E-state index contributed by atoms with van der Waals surface area (Å²) in [5.74, 6) is -1.27. The Kier molecular flexibility index (Phi) is 3.84. The number of hydrogen-bond donors (Lipinski definition) is 1. The fraction of sp³-hybridized carbons (Fsp3) is 0.444. The van der Waals surface area contributed by atoms with Crippen molar-refractivity contribution < 1.29 is 14.3 Å². The standard InChI is InChI=1S/C9H12N2O3/c1-2-14-9(13)8(12)4-3-7-5-10-6-11-7/h5-6H,2-4H2,1H3,(H,10,11). The van der Waals surface area contributed by atoms with Crippen LogP contribution in [-0.2, 0) is 20.7 Å². The largest absolute Gasteiger partial charge is 0.460 e. The number of hydrogen-bond acceptors (Lipinski definition) is 4. The van der Waals surface area contributed by atoms with Gasteiger partial charge in [0.2, 0.25) is 5.78 Å². The fourth-order valence-electron chi connectivity index (χ4n) is 0.983. The molecule has 0 aliphatic rings. The Balaban J connectivity index is 2.31. The highest BCUT2D eigenvalue weighted by molar-refractivity contribution is 6.33. The number of rotatable bonds is 5. The Morgan fingerprint density at radius 1 is 1.57 bits per heavy atom. The average molecular weight is 196 g/mol. The number of H-pyrrole nitrogens is 1. The molecule has 5 heteroatoms. The van der Waals surface area contributed by atoms with Crippen LogP contribution in [0.15, 0.2) is 12.5 Å². The summed E-state index contributed by atoms with van der Waals surface area (Å²) in [6, 6.07) is 0. The van der Waals surface area contributed by atoms with E-state index in [0.29, 0.717) is 6.42 Å². The van der Waals surface area contributed by atoms with E-state index in [4.69, 9.17) is 0 Å². The number of aryl methyl sites for hydroxylation is 1. The molecular weight excluding hydrogens is 184 g/mol. The summed E-state index contributed by atoms with van der Waals surface area (Å²) >= 11 is 0. The molecule has 0 atom stereocenters. The lowest BCUT2D eigenvalue weighted by Gasteiger charge is -1.98. The molecular formula is C9H12N2O3. The van der Waals surface area contributed by atoms with Gasteiger partial charge in [0.15, 0.2) is 0 Å². The normalized spacial score (nSPS) is 9.79. The molecule has 1 aromatic rings. The summed E-state index contributed by atoms with van der Waals surface area (Å²) in [6.07, 6.45) is 3.83. The highest BCUT2D eigenvalue weighted by atomic mass is 16.5. The number of nitrogens with zero attached hydrogens (tertiary/aromatic N) is 1. The first-order valence-electron chi connectivity index (χ1n) is 4.41. The summed E-state index contributed by atoms with van der Waals surface area (Å²) in [7, 11) is 0. The molecule has 1 heterocycles. The number of aromatic amines is 1. The van der Waals surface area contributed by atoms with Gasteiger partial charge in [0.25, 0.3) is 0 Å². The van der Waals surface area contributed by atoms with Crippen molar-refractivity contribution in [2.24, 2.45) is 0 Å². The monoisotopic (exact) mass is 196 g/mol. The van der Waals surface area contributed by atoms with Gasteiger partial charge in [-0.2, -0.15) is 0 Å². The molecule has 14 heavy (non-hydrogen) atoms. The van der Waals surface area contributed by atoms with Gasteiger partial charge in [-0.3, -0.25) is 4.79 Å². The second-order valence-corrected chi connectivity index (χ2v) is 2.70. The van der Waals surface area contributed by atoms with Crippen LogP contribution in [0.25, 0.3) is 0 Å². The van der Waals surface area contributed by atoms with Crippen molar-refractivity contribution in [3.05, 3.63) is 18.2 Å². The molecule has 1 aromatic heterocycles. The van der Waals surface area contributed by atoms with E-state index in [1.54, 1.807) is 13.1 Å². The summed E-state index contributed by atoms with van der Waals surface area (Å²) in [5, 5.41) is 0. The lowest BCUT2D eigenvalue weighted by molar-refractivity contribution is -0.153. The predicted molar refractivity (Wildman–Crippen MR) is 48.5 cm³/mol. The van der Waals surface area contributed by atoms with Crippen LogP contribution in [0.2, 0.25) is 0 Å². The van der Waals surface area contributed by atoms with Crippen LogP contribution in [0.4, 0.5) is 0 Å². The molecule has 0 radical (unpaired) electrons. The van der Waals surface area contributed by atoms with Crippen molar-refractivity contribution in [2.45, 2.75) is 19.8 Å². The van der Waals surface area contributed by atoms with E-state index in [1.165, 1.54) is 6.33 Å². The van der Waals surface area contributed by atoms with Crippen molar-refractivity contribution >= 4 is 11.8 Å². The number of carbonyl (C=O) groups is 2. The number of esters is 1.